The molecule has 1 amide bonds. The van der Waals surface area contributed by atoms with Gasteiger partial charge in [0.1, 0.15) is 0 Å². The third-order valence-electron chi connectivity index (χ3n) is 2.73. The lowest BCUT2D eigenvalue weighted by atomic mass is 10.2. The van der Waals surface area contributed by atoms with Crippen molar-refractivity contribution in [1.29, 1.82) is 0 Å². The van der Waals surface area contributed by atoms with Gasteiger partial charge in [-0.2, -0.15) is 0 Å². The highest BCUT2D eigenvalue weighted by atomic mass is 28.3. The van der Waals surface area contributed by atoms with E-state index in [1.807, 2.05) is 30.3 Å². The average molecular weight is 277 g/mol. The molecule has 0 saturated carbocycles. The molecule has 0 radical (unpaired) electrons. The van der Waals surface area contributed by atoms with Crippen molar-refractivity contribution in [2.75, 3.05) is 6.61 Å². The van der Waals surface area contributed by atoms with E-state index < -0.39 is 8.07 Å². The maximum atomic E-state index is 11.9. The van der Waals surface area contributed by atoms with Gasteiger partial charge in [0.15, 0.2) is 0 Å². The van der Waals surface area contributed by atoms with E-state index in [1.54, 1.807) is 0 Å². The third-order valence-corrected chi connectivity index (χ3v) is 4.43. The Morgan fingerprint density at radius 3 is 2.47 bits per heavy atom. The number of nitrogens with zero attached hydrogens (tertiary/aromatic N) is 1. The second kappa shape index (κ2) is 7.14. The van der Waals surface area contributed by atoms with Crippen LogP contribution >= 0.6 is 0 Å². The fraction of sp³-hybridized carbons (Fsp3) is 0.400. The molecular formula is C15H23NO2Si. The lowest BCUT2D eigenvalue weighted by molar-refractivity contribution is 0.120. The minimum Gasteiger partial charge on any atom is -0.449 e. The van der Waals surface area contributed by atoms with Crippen LogP contribution in [-0.2, 0) is 11.3 Å². The molecule has 104 valence electrons. The maximum absolute atomic E-state index is 11.9. The summed E-state index contributed by atoms with van der Waals surface area (Å²) in [5.41, 5.74) is 1.06. The molecule has 0 saturated heterocycles. The van der Waals surface area contributed by atoms with E-state index in [4.69, 9.17) is 4.74 Å². The molecule has 1 aromatic rings. The summed E-state index contributed by atoms with van der Waals surface area (Å²) in [5.74, 6) is 0. The summed E-state index contributed by atoms with van der Waals surface area (Å²) >= 11 is 0. The topological polar surface area (TPSA) is 29.5 Å². The van der Waals surface area contributed by atoms with E-state index in [-0.39, 0.29) is 6.09 Å². The summed E-state index contributed by atoms with van der Waals surface area (Å²) in [6.45, 7) is 11.4. The summed E-state index contributed by atoms with van der Waals surface area (Å²) in [6.07, 6.45) is 1.20. The van der Waals surface area contributed by atoms with Crippen molar-refractivity contribution in [3.05, 3.63) is 48.7 Å². The van der Waals surface area contributed by atoms with Gasteiger partial charge in [-0.25, -0.2) is 4.79 Å². The van der Waals surface area contributed by atoms with Gasteiger partial charge in [0, 0.05) is 14.3 Å². The molecule has 0 aliphatic carbocycles. The van der Waals surface area contributed by atoms with Crippen LogP contribution in [0.4, 0.5) is 4.79 Å². The summed E-state index contributed by atoms with van der Waals surface area (Å²) in [7, 11) is -1.16. The third kappa shape index (κ3) is 6.24. The summed E-state index contributed by atoms with van der Waals surface area (Å²) in [5, 5.41) is 0. The normalized spacial score (nSPS) is 10.9. The van der Waals surface area contributed by atoms with Crippen molar-refractivity contribution in [3.63, 3.8) is 0 Å². The standard InChI is InChI=1S/C15H23NO2Si/c1-5-16(13-14-9-7-6-8-10-14)15(17)18-11-12-19(2,3)4/h5-10H,1,11-13H2,2-4H3. The monoisotopic (exact) mass is 277 g/mol. The molecule has 0 heterocycles. The SMILES string of the molecule is C=CN(Cc1ccccc1)C(=O)OCC[Si](C)(C)C. The van der Waals surface area contributed by atoms with Crippen LogP contribution in [-0.4, -0.2) is 25.7 Å². The van der Waals surface area contributed by atoms with Crippen LogP contribution in [0.3, 0.4) is 0 Å². The fourth-order valence-electron chi connectivity index (χ4n) is 1.51. The molecule has 1 aromatic carbocycles. The van der Waals surface area contributed by atoms with Crippen LogP contribution in [0.15, 0.2) is 43.1 Å². The van der Waals surface area contributed by atoms with Crippen LogP contribution < -0.4 is 0 Å². The van der Waals surface area contributed by atoms with Crippen molar-refractivity contribution in [1.82, 2.24) is 4.90 Å². The summed E-state index contributed by atoms with van der Waals surface area (Å²) in [4.78, 5) is 13.4. The van der Waals surface area contributed by atoms with Gasteiger partial charge in [0.2, 0.25) is 0 Å². The minimum absolute atomic E-state index is 0.322. The number of ether oxygens (including phenoxy) is 1. The first-order valence-corrected chi connectivity index (χ1v) is 10.2. The number of carbonyl (C=O) groups is 1. The van der Waals surface area contributed by atoms with Crippen LogP contribution in [0.1, 0.15) is 5.56 Å². The predicted octanol–water partition coefficient (Wildman–Crippen LogP) is 4.11. The smallest absolute Gasteiger partial charge is 0.414 e. The van der Waals surface area contributed by atoms with Crippen LogP contribution in [0, 0.1) is 0 Å². The van der Waals surface area contributed by atoms with Gasteiger partial charge in [-0.05, 0) is 11.6 Å². The second-order valence-electron chi connectivity index (χ2n) is 5.72. The Morgan fingerprint density at radius 2 is 1.95 bits per heavy atom. The first-order valence-electron chi connectivity index (χ1n) is 6.52. The summed E-state index contributed by atoms with van der Waals surface area (Å²) in [6, 6.07) is 10.8. The Morgan fingerprint density at radius 1 is 1.32 bits per heavy atom. The number of hydrogen-bond donors (Lipinski definition) is 0. The molecule has 4 heteroatoms. The van der Waals surface area contributed by atoms with Gasteiger partial charge in [-0.3, -0.25) is 4.90 Å². The molecule has 1 rings (SSSR count). The van der Waals surface area contributed by atoms with E-state index in [2.05, 4.69) is 26.2 Å². The van der Waals surface area contributed by atoms with E-state index in [0.717, 1.165) is 11.6 Å². The maximum Gasteiger partial charge on any atom is 0.414 e. The molecule has 0 bridgehead atoms. The number of rotatable bonds is 6. The molecule has 0 fully saturated rings. The van der Waals surface area contributed by atoms with Gasteiger partial charge in [-0.15, -0.1) is 0 Å². The molecule has 0 aliphatic heterocycles. The van der Waals surface area contributed by atoms with Gasteiger partial charge in [0.25, 0.3) is 0 Å². The Hall–Kier alpha value is -1.55. The van der Waals surface area contributed by atoms with E-state index in [9.17, 15) is 4.79 Å². The first kappa shape index (κ1) is 15.5. The van der Waals surface area contributed by atoms with E-state index >= 15 is 0 Å². The molecule has 0 unspecified atom stereocenters. The van der Waals surface area contributed by atoms with E-state index in [0.29, 0.717) is 13.2 Å². The predicted molar refractivity (Wildman–Crippen MR) is 81.7 cm³/mol. The molecule has 0 aromatic heterocycles. The average Bonchev–Trinajstić information content (AvgIpc) is 2.35. The quantitative estimate of drug-likeness (QED) is 0.732. The second-order valence-corrected chi connectivity index (χ2v) is 11.3. The first-order chi connectivity index (χ1) is 8.92. The van der Waals surface area contributed by atoms with E-state index in [1.165, 1.54) is 11.1 Å². The van der Waals surface area contributed by atoms with Crippen LogP contribution in [0.5, 0.6) is 0 Å². The molecule has 0 N–H and O–H groups in total. The Balaban J connectivity index is 2.46. The van der Waals surface area contributed by atoms with Crippen molar-refractivity contribution in [3.8, 4) is 0 Å². The highest BCUT2D eigenvalue weighted by Gasteiger charge is 2.16. The zero-order valence-corrected chi connectivity index (χ0v) is 13.1. The minimum atomic E-state index is -1.16. The van der Waals surface area contributed by atoms with Crippen LogP contribution in [0.2, 0.25) is 25.7 Å². The molecule has 0 spiro atoms. The van der Waals surface area contributed by atoms with Gasteiger partial charge in [-0.1, -0.05) is 56.6 Å². The Kier molecular flexibility index (Phi) is 5.82. The van der Waals surface area contributed by atoms with Crippen molar-refractivity contribution in [2.45, 2.75) is 32.2 Å². The zero-order chi connectivity index (χ0) is 14.3. The zero-order valence-electron chi connectivity index (χ0n) is 12.1. The Bertz CT molecular complexity index is 412. The van der Waals surface area contributed by atoms with Crippen LogP contribution in [0.25, 0.3) is 0 Å². The van der Waals surface area contributed by atoms with Gasteiger partial charge < -0.3 is 4.74 Å². The van der Waals surface area contributed by atoms with Gasteiger partial charge in [0.05, 0.1) is 13.2 Å². The molecule has 19 heavy (non-hydrogen) atoms. The molecular weight excluding hydrogens is 254 g/mol. The largest absolute Gasteiger partial charge is 0.449 e. The molecule has 0 atom stereocenters. The molecule has 3 nitrogen and oxygen atoms in total. The Labute approximate surface area is 116 Å². The molecule has 0 aliphatic rings. The fourth-order valence-corrected chi connectivity index (χ4v) is 2.23. The number of hydrogen-bond acceptors (Lipinski definition) is 2. The summed E-state index contributed by atoms with van der Waals surface area (Å²) < 4.78 is 5.29. The highest BCUT2D eigenvalue weighted by Crippen LogP contribution is 2.10. The van der Waals surface area contributed by atoms with Crippen molar-refractivity contribution < 1.29 is 9.53 Å². The highest BCUT2D eigenvalue weighted by molar-refractivity contribution is 6.76. The van der Waals surface area contributed by atoms with Crippen molar-refractivity contribution >= 4 is 14.2 Å². The van der Waals surface area contributed by atoms with Crippen molar-refractivity contribution in [2.24, 2.45) is 0 Å². The number of carbonyl (C=O) groups excluding carboxylic acids is 1. The number of amides is 1. The number of benzene rings is 1. The lowest BCUT2D eigenvalue weighted by Gasteiger charge is -2.20. The van der Waals surface area contributed by atoms with Gasteiger partial charge >= 0.3 is 6.09 Å². The lowest BCUT2D eigenvalue weighted by Crippen LogP contribution is -2.28.